The third-order valence-corrected chi connectivity index (χ3v) is 3.53. The number of carbonyl (C=O) groups excluding carboxylic acids is 1. The van der Waals surface area contributed by atoms with Crippen LogP contribution in [0.5, 0.6) is 5.75 Å². The zero-order chi connectivity index (χ0) is 14.6. The fourth-order valence-electron chi connectivity index (χ4n) is 2.11. The molecule has 5 heteroatoms. The molecule has 0 radical (unpaired) electrons. The van der Waals surface area contributed by atoms with E-state index in [1.54, 1.807) is 18.2 Å². The Morgan fingerprint density at radius 3 is 2.75 bits per heavy atom. The van der Waals surface area contributed by atoms with Crippen LogP contribution in [0.4, 0.5) is 0 Å². The summed E-state index contributed by atoms with van der Waals surface area (Å²) in [4.78, 5) is 11.5. The zero-order valence-corrected chi connectivity index (χ0v) is 11.8. The molecule has 20 heavy (non-hydrogen) atoms. The Morgan fingerprint density at radius 2 is 2.10 bits per heavy atom. The summed E-state index contributed by atoms with van der Waals surface area (Å²) in [6, 6.07) is 5.14. The van der Waals surface area contributed by atoms with Gasteiger partial charge in [0.05, 0.1) is 12.7 Å². The summed E-state index contributed by atoms with van der Waals surface area (Å²) in [6.07, 6.45) is 1.12. The van der Waals surface area contributed by atoms with Gasteiger partial charge in [-0.15, -0.1) is 0 Å². The molecule has 5 nitrogen and oxygen atoms in total. The summed E-state index contributed by atoms with van der Waals surface area (Å²) in [5.74, 6) is 0.187. The molecule has 0 bridgehead atoms. The first-order valence-electron chi connectivity index (χ1n) is 6.66. The Hall–Kier alpha value is -1.59. The first-order valence-corrected chi connectivity index (χ1v) is 6.66. The monoisotopic (exact) mass is 280 g/mol. The molecule has 0 spiro atoms. The van der Waals surface area contributed by atoms with E-state index in [0.717, 1.165) is 5.56 Å². The summed E-state index contributed by atoms with van der Waals surface area (Å²) in [5.41, 5.74) is 0.492. The van der Waals surface area contributed by atoms with Crippen LogP contribution < -0.4 is 4.74 Å². The van der Waals surface area contributed by atoms with Gasteiger partial charge in [0.1, 0.15) is 18.0 Å². The van der Waals surface area contributed by atoms with Crippen LogP contribution in [0.15, 0.2) is 18.2 Å². The molecule has 0 atom stereocenters. The van der Waals surface area contributed by atoms with E-state index in [9.17, 15) is 9.90 Å². The van der Waals surface area contributed by atoms with Gasteiger partial charge in [0.15, 0.2) is 0 Å². The lowest BCUT2D eigenvalue weighted by atomic mass is 9.95. The molecule has 1 fully saturated rings. The van der Waals surface area contributed by atoms with Crippen molar-refractivity contribution in [2.75, 3.05) is 26.9 Å². The van der Waals surface area contributed by atoms with Gasteiger partial charge in [0, 0.05) is 26.1 Å². The van der Waals surface area contributed by atoms with Crippen LogP contribution in [0.3, 0.4) is 0 Å². The van der Waals surface area contributed by atoms with Crippen molar-refractivity contribution in [3.05, 3.63) is 29.3 Å². The number of carbonyl (C=O) groups is 1. The van der Waals surface area contributed by atoms with Crippen molar-refractivity contribution in [1.29, 1.82) is 0 Å². The molecule has 1 aliphatic heterocycles. The van der Waals surface area contributed by atoms with E-state index in [1.165, 1.54) is 7.11 Å². The van der Waals surface area contributed by atoms with Gasteiger partial charge >= 0.3 is 5.97 Å². The van der Waals surface area contributed by atoms with Gasteiger partial charge in [0.2, 0.25) is 0 Å². The molecule has 1 saturated heterocycles. The molecule has 2 rings (SSSR count). The Labute approximate surface area is 118 Å². The highest BCUT2D eigenvalue weighted by Crippen LogP contribution is 2.25. The van der Waals surface area contributed by atoms with Crippen molar-refractivity contribution in [2.45, 2.75) is 25.4 Å². The molecular weight excluding hydrogens is 260 g/mol. The van der Waals surface area contributed by atoms with E-state index in [2.05, 4.69) is 4.74 Å². The average molecular weight is 280 g/mol. The van der Waals surface area contributed by atoms with Crippen molar-refractivity contribution in [2.24, 2.45) is 0 Å². The number of rotatable bonds is 4. The summed E-state index contributed by atoms with van der Waals surface area (Å²) in [7, 11) is 1.34. The first-order chi connectivity index (χ1) is 9.54. The summed E-state index contributed by atoms with van der Waals surface area (Å²) in [6.45, 7) is 3.17. The molecule has 0 amide bonds. The fourth-order valence-corrected chi connectivity index (χ4v) is 2.11. The quantitative estimate of drug-likeness (QED) is 0.850. The third kappa shape index (κ3) is 3.49. The number of ether oxygens (including phenoxy) is 3. The van der Waals surface area contributed by atoms with Crippen molar-refractivity contribution < 1.29 is 24.1 Å². The summed E-state index contributed by atoms with van der Waals surface area (Å²) >= 11 is 0. The van der Waals surface area contributed by atoms with E-state index in [4.69, 9.17) is 9.47 Å². The van der Waals surface area contributed by atoms with Crippen LogP contribution in [0.25, 0.3) is 0 Å². The highest BCUT2D eigenvalue weighted by Gasteiger charge is 2.30. The Balaban J connectivity index is 2.06. The van der Waals surface area contributed by atoms with Gasteiger partial charge in [-0.05, 0) is 24.6 Å². The SMILES string of the molecule is COC(=O)c1ccc(C)c(OCC2(O)CCOCC2)c1. The van der Waals surface area contributed by atoms with Crippen LogP contribution in [0, 0.1) is 6.92 Å². The third-order valence-electron chi connectivity index (χ3n) is 3.53. The van der Waals surface area contributed by atoms with Crippen LogP contribution in [-0.4, -0.2) is 43.6 Å². The lowest BCUT2D eigenvalue weighted by Gasteiger charge is -2.31. The van der Waals surface area contributed by atoms with Crippen molar-refractivity contribution in [3.8, 4) is 5.75 Å². The topological polar surface area (TPSA) is 65.0 Å². The highest BCUT2D eigenvalue weighted by atomic mass is 16.5. The maximum absolute atomic E-state index is 11.5. The maximum Gasteiger partial charge on any atom is 0.337 e. The van der Waals surface area contributed by atoms with Crippen LogP contribution in [-0.2, 0) is 9.47 Å². The molecule has 0 saturated carbocycles. The van der Waals surface area contributed by atoms with E-state index < -0.39 is 11.6 Å². The molecule has 1 aromatic carbocycles. The second kappa shape index (κ2) is 6.24. The minimum atomic E-state index is -0.855. The number of aryl methyl sites for hydroxylation is 1. The summed E-state index contributed by atoms with van der Waals surface area (Å²) < 4.78 is 15.6. The number of esters is 1. The Morgan fingerprint density at radius 1 is 1.40 bits per heavy atom. The number of methoxy groups -OCH3 is 1. The summed E-state index contributed by atoms with van der Waals surface area (Å²) in [5, 5.41) is 10.4. The molecule has 1 aromatic rings. The number of aliphatic hydroxyl groups is 1. The van der Waals surface area contributed by atoms with Crippen LogP contribution >= 0.6 is 0 Å². The molecule has 1 aliphatic rings. The largest absolute Gasteiger partial charge is 0.490 e. The molecule has 1 heterocycles. The molecule has 110 valence electrons. The van der Waals surface area contributed by atoms with Gasteiger partial charge in [0.25, 0.3) is 0 Å². The standard InChI is InChI=1S/C15H20O5/c1-11-3-4-12(14(16)18-2)9-13(11)20-10-15(17)5-7-19-8-6-15/h3-4,9,17H,5-8,10H2,1-2H3. The fraction of sp³-hybridized carbons (Fsp3) is 0.533. The predicted octanol–water partition coefficient (Wildman–Crippen LogP) is 1.70. The smallest absolute Gasteiger partial charge is 0.337 e. The Kier molecular flexibility index (Phi) is 4.62. The average Bonchev–Trinajstić information content (AvgIpc) is 2.46. The normalized spacial score (nSPS) is 17.6. The lowest BCUT2D eigenvalue weighted by Crippen LogP contribution is -2.41. The molecular formula is C15H20O5. The maximum atomic E-state index is 11.5. The van der Waals surface area contributed by atoms with Crippen LogP contribution in [0.1, 0.15) is 28.8 Å². The molecule has 0 aliphatic carbocycles. The van der Waals surface area contributed by atoms with E-state index in [1.807, 2.05) is 6.92 Å². The van der Waals surface area contributed by atoms with Gasteiger partial charge < -0.3 is 19.3 Å². The molecule has 0 aromatic heterocycles. The molecule has 1 N–H and O–H groups in total. The van der Waals surface area contributed by atoms with Crippen molar-refractivity contribution in [3.63, 3.8) is 0 Å². The van der Waals surface area contributed by atoms with Gasteiger partial charge in [-0.1, -0.05) is 6.07 Å². The molecule has 0 unspecified atom stereocenters. The van der Waals surface area contributed by atoms with E-state index in [0.29, 0.717) is 37.4 Å². The second-order valence-electron chi connectivity index (χ2n) is 5.10. The lowest BCUT2D eigenvalue weighted by molar-refractivity contribution is -0.0856. The number of benzene rings is 1. The van der Waals surface area contributed by atoms with Crippen molar-refractivity contribution >= 4 is 5.97 Å². The first kappa shape index (κ1) is 14.8. The number of hydrogen-bond acceptors (Lipinski definition) is 5. The minimum absolute atomic E-state index is 0.196. The Bertz CT molecular complexity index is 477. The minimum Gasteiger partial charge on any atom is -0.490 e. The van der Waals surface area contributed by atoms with Crippen LogP contribution in [0.2, 0.25) is 0 Å². The number of hydrogen-bond donors (Lipinski definition) is 1. The second-order valence-corrected chi connectivity index (χ2v) is 5.10. The zero-order valence-electron chi connectivity index (χ0n) is 11.8. The van der Waals surface area contributed by atoms with E-state index in [-0.39, 0.29) is 6.61 Å². The van der Waals surface area contributed by atoms with Gasteiger partial charge in [-0.2, -0.15) is 0 Å². The predicted molar refractivity (Wildman–Crippen MR) is 73.0 cm³/mol. The highest BCUT2D eigenvalue weighted by molar-refractivity contribution is 5.89. The van der Waals surface area contributed by atoms with E-state index >= 15 is 0 Å². The van der Waals surface area contributed by atoms with Gasteiger partial charge in [-0.3, -0.25) is 0 Å². The van der Waals surface area contributed by atoms with Crippen molar-refractivity contribution in [1.82, 2.24) is 0 Å². The van der Waals surface area contributed by atoms with Gasteiger partial charge in [-0.25, -0.2) is 4.79 Å².